The Kier molecular flexibility index (Phi) is 3.61. The minimum atomic E-state index is -0.346. The molecule has 1 N–H and O–H groups in total. The fraction of sp³-hybridized carbons (Fsp3) is 0.875. The highest BCUT2D eigenvalue weighted by Crippen LogP contribution is 2.47. The molecule has 3 rings (SSSR count). The maximum Gasteiger partial charge on any atom is 0.236 e. The number of nitrogens with one attached hydrogen (secondary N) is 1. The second-order valence-corrected chi connectivity index (χ2v) is 7.15. The van der Waals surface area contributed by atoms with Gasteiger partial charge in [0, 0.05) is 6.42 Å². The summed E-state index contributed by atoms with van der Waals surface area (Å²) in [6, 6.07) is 0. The van der Waals surface area contributed by atoms with Gasteiger partial charge in [0.05, 0.1) is 11.0 Å². The van der Waals surface area contributed by atoms with E-state index in [2.05, 4.69) is 12.2 Å². The molecular formula is C16H26N2O2. The first-order valence-electron chi connectivity index (χ1n) is 8.16. The standard InChI is InChI=1S/C16H26N2O2/c1-15(8-10-17-11-9-15)18-13(19)12-16(14(18)20)6-4-2-3-5-7-16/h17H,2-12H2,1H3. The smallest absolute Gasteiger partial charge is 0.236 e. The van der Waals surface area contributed by atoms with Gasteiger partial charge in [0.15, 0.2) is 0 Å². The van der Waals surface area contributed by atoms with Crippen molar-refractivity contribution < 1.29 is 9.59 Å². The summed E-state index contributed by atoms with van der Waals surface area (Å²) in [5.74, 6) is 0.232. The van der Waals surface area contributed by atoms with Crippen LogP contribution in [-0.2, 0) is 9.59 Å². The zero-order valence-corrected chi connectivity index (χ0v) is 12.5. The second kappa shape index (κ2) is 5.14. The van der Waals surface area contributed by atoms with E-state index in [1.54, 1.807) is 4.90 Å². The third-order valence-electron chi connectivity index (χ3n) is 5.68. The minimum Gasteiger partial charge on any atom is -0.317 e. The average molecular weight is 278 g/mol. The molecule has 3 aliphatic rings. The van der Waals surface area contributed by atoms with Crippen LogP contribution in [-0.4, -0.2) is 35.3 Å². The Labute approximate surface area is 121 Å². The second-order valence-electron chi connectivity index (χ2n) is 7.15. The van der Waals surface area contributed by atoms with Gasteiger partial charge in [-0.15, -0.1) is 0 Å². The van der Waals surface area contributed by atoms with Gasteiger partial charge in [0.25, 0.3) is 0 Å². The van der Waals surface area contributed by atoms with E-state index in [1.807, 2.05) is 0 Å². The molecule has 0 aromatic rings. The Morgan fingerprint density at radius 1 is 0.950 bits per heavy atom. The zero-order valence-electron chi connectivity index (χ0n) is 12.5. The normalized spacial score (nSPS) is 29.8. The van der Waals surface area contributed by atoms with Crippen molar-refractivity contribution in [3.8, 4) is 0 Å². The van der Waals surface area contributed by atoms with Crippen molar-refractivity contribution in [1.29, 1.82) is 0 Å². The first kappa shape index (κ1) is 14.1. The molecule has 1 saturated carbocycles. The molecule has 1 spiro atoms. The molecule has 0 unspecified atom stereocenters. The topological polar surface area (TPSA) is 49.4 Å². The number of piperidine rings is 1. The molecule has 2 aliphatic heterocycles. The Bertz CT molecular complexity index is 405. The molecule has 4 heteroatoms. The number of carbonyl (C=O) groups is 2. The Morgan fingerprint density at radius 2 is 1.55 bits per heavy atom. The number of hydrogen-bond donors (Lipinski definition) is 1. The molecule has 2 saturated heterocycles. The zero-order chi connectivity index (χ0) is 14.2. The van der Waals surface area contributed by atoms with Crippen LogP contribution in [0.4, 0.5) is 0 Å². The van der Waals surface area contributed by atoms with Crippen LogP contribution >= 0.6 is 0 Å². The SMILES string of the molecule is CC1(N2C(=O)CC3(CCCCCC3)C2=O)CCNCC1. The Hall–Kier alpha value is -0.900. The van der Waals surface area contributed by atoms with Gasteiger partial charge in [-0.05, 0) is 45.7 Å². The molecule has 2 heterocycles. The maximum atomic E-state index is 13.0. The van der Waals surface area contributed by atoms with Crippen molar-refractivity contribution in [3.63, 3.8) is 0 Å². The lowest BCUT2D eigenvalue weighted by Crippen LogP contribution is -2.55. The minimum absolute atomic E-state index is 0.0845. The number of carbonyl (C=O) groups excluding carboxylic acids is 2. The first-order valence-corrected chi connectivity index (χ1v) is 8.16. The molecule has 2 amide bonds. The lowest BCUT2D eigenvalue weighted by atomic mass is 9.78. The predicted octanol–water partition coefficient (Wildman–Crippen LogP) is 2.23. The van der Waals surface area contributed by atoms with E-state index in [-0.39, 0.29) is 22.8 Å². The van der Waals surface area contributed by atoms with E-state index < -0.39 is 0 Å². The quantitative estimate of drug-likeness (QED) is 0.748. The number of imide groups is 1. The molecule has 0 aromatic heterocycles. The van der Waals surface area contributed by atoms with Crippen LogP contribution in [0.3, 0.4) is 0 Å². The number of rotatable bonds is 1. The molecule has 0 aromatic carbocycles. The monoisotopic (exact) mass is 278 g/mol. The van der Waals surface area contributed by atoms with E-state index in [9.17, 15) is 9.59 Å². The largest absolute Gasteiger partial charge is 0.317 e. The summed E-state index contributed by atoms with van der Waals surface area (Å²) in [6.07, 6.45) is 8.71. The average Bonchev–Trinajstić information content (AvgIpc) is 2.57. The number of amides is 2. The number of likely N-dealkylation sites (tertiary alicyclic amines) is 1. The van der Waals surface area contributed by atoms with Gasteiger partial charge in [-0.25, -0.2) is 0 Å². The molecular weight excluding hydrogens is 252 g/mol. The molecule has 0 radical (unpaired) electrons. The van der Waals surface area contributed by atoms with E-state index in [4.69, 9.17) is 0 Å². The van der Waals surface area contributed by atoms with Crippen LogP contribution in [0.1, 0.15) is 64.7 Å². The fourth-order valence-electron chi connectivity index (χ4n) is 4.33. The van der Waals surface area contributed by atoms with E-state index in [0.717, 1.165) is 51.6 Å². The molecule has 112 valence electrons. The maximum absolute atomic E-state index is 13.0. The third kappa shape index (κ3) is 2.18. The van der Waals surface area contributed by atoms with Crippen molar-refractivity contribution in [3.05, 3.63) is 0 Å². The molecule has 4 nitrogen and oxygen atoms in total. The summed E-state index contributed by atoms with van der Waals surface area (Å²) in [6.45, 7) is 3.90. The lowest BCUT2D eigenvalue weighted by molar-refractivity contribution is -0.149. The van der Waals surface area contributed by atoms with Crippen LogP contribution < -0.4 is 5.32 Å². The van der Waals surface area contributed by atoms with Crippen molar-refractivity contribution >= 4 is 11.8 Å². The van der Waals surface area contributed by atoms with Crippen molar-refractivity contribution in [2.45, 2.75) is 70.3 Å². The third-order valence-corrected chi connectivity index (χ3v) is 5.68. The Morgan fingerprint density at radius 3 is 2.15 bits per heavy atom. The van der Waals surface area contributed by atoms with Gasteiger partial charge in [-0.1, -0.05) is 25.7 Å². The van der Waals surface area contributed by atoms with Gasteiger partial charge in [-0.3, -0.25) is 14.5 Å². The highest BCUT2D eigenvalue weighted by Gasteiger charge is 2.55. The number of hydrogen-bond acceptors (Lipinski definition) is 3. The van der Waals surface area contributed by atoms with Crippen LogP contribution in [0, 0.1) is 5.41 Å². The van der Waals surface area contributed by atoms with E-state index in [0.29, 0.717) is 6.42 Å². The molecule has 0 bridgehead atoms. The molecule has 3 fully saturated rings. The summed E-state index contributed by atoms with van der Waals surface area (Å²) >= 11 is 0. The van der Waals surface area contributed by atoms with Crippen molar-refractivity contribution in [2.75, 3.05) is 13.1 Å². The summed E-state index contributed by atoms with van der Waals surface area (Å²) in [4.78, 5) is 27.3. The van der Waals surface area contributed by atoms with Crippen LogP contribution in [0.2, 0.25) is 0 Å². The van der Waals surface area contributed by atoms with Gasteiger partial charge in [0.2, 0.25) is 11.8 Å². The first-order chi connectivity index (χ1) is 9.57. The predicted molar refractivity (Wildman–Crippen MR) is 77.1 cm³/mol. The van der Waals surface area contributed by atoms with E-state index >= 15 is 0 Å². The van der Waals surface area contributed by atoms with E-state index in [1.165, 1.54) is 12.8 Å². The van der Waals surface area contributed by atoms with Crippen LogP contribution in [0.5, 0.6) is 0 Å². The van der Waals surface area contributed by atoms with Crippen molar-refractivity contribution in [1.82, 2.24) is 10.2 Å². The highest BCUT2D eigenvalue weighted by molar-refractivity contribution is 6.06. The van der Waals surface area contributed by atoms with Gasteiger partial charge in [0.1, 0.15) is 0 Å². The van der Waals surface area contributed by atoms with Gasteiger partial charge >= 0.3 is 0 Å². The van der Waals surface area contributed by atoms with Crippen molar-refractivity contribution in [2.24, 2.45) is 5.41 Å². The van der Waals surface area contributed by atoms with Crippen LogP contribution in [0.25, 0.3) is 0 Å². The Balaban J connectivity index is 1.86. The highest BCUT2D eigenvalue weighted by atomic mass is 16.2. The summed E-state index contributed by atoms with van der Waals surface area (Å²) in [7, 11) is 0. The van der Waals surface area contributed by atoms with Gasteiger partial charge in [-0.2, -0.15) is 0 Å². The summed E-state index contributed by atoms with van der Waals surface area (Å²) in [5, 5.41) is 3.32. The summed E-state index contributed by atoms with van der Waals surface area (Å²) < 4.78 is 0. The number of nitrogens with zero attached hydrogens (tertiary/aromatic N) is 1. The fourth-order valence-corrected chi connectivity index (χ4v) is 4.33. The molecule has 20 heavy (non-hydrogen) atoms. The molecule has 0 atom stereocenters. The summed E-state index contributed by atoms with van der Waals surface area (Å²) in [5.41, 5.74) is -0.601. The van der Waals surface area contributed by atoms with Gasteiger partial charge < -0.3 is 5.32 Å². The van der Waals surface area contributed by atoms with Crippen LogP contribution in [0.15, 0.2) is 0 Å². The lowest BCUT2D eigenvalue weighted by Gasteiger charge is -2.41. The molecule has 1 aliphatic carbocycles.